The summed E-state index contributed by atoms with van der Waals surface area (Å²) in [5.41, 5.74) is 6.23. The molecule has 0 spiro atoms. The second-order valence-electron chi connectivity index (χ2n) is 5.90. The Bertz CT molecular complexity index is 319. The zero-order valence-corrected chi connectivity index (χ0v) is 10.5. The standard InChI is InChI=1S/C13H22N2O2/c1-8-7-15(4-5-17-8)13(16)11-9-2-3-10(6-9)12(11)14/h8-12H,2-7,14H2,1H3. The Kier molecular flexibility index (Phi) is 2.87. The highest BCUT2D eigenvalue weighted by atomic mass is 16.5. The van der Waals surface area contributed by atoms with Crippen LogP contribution in [0.5, 0.6) is 0 Å². The molecule has 2 saturated carbocycles. The van der Waals surface area contributed by atoms with Crippen LogP contribution in [0.15, 0.2) is 0 Å². The molecule has 0 aromatic heterocycles. The lowest BCUT2D eigenvalue weighted by Gasteiger charge is -2.36. The molecule has 1 heterocycles. The number of carbonyl (C=O) groups excluding carboxylic acids is 1. The van der Waals surface area contributed by atoms with Crippen molar-refractivity contribution >= 4 is 5.91 Å². The zero-order valence-electron chi connectivity index (χ0n) is 10.5. The third kappa shape index (κ3) is 1.87. The molecule has 17 heavy (non-hydrogen) atoms. The fourth-order valence-corrected chi connectivity index (χ4v) is 3.93. The topological polar surface area (TPSA) is 55.6 Å². The number of carbonyl (C=O) groups is 1. The molecule has 2 N–H and O–H groups in total. The van der Waals surface area contributed by atoms with Crippen LogP contribution in [-0.4, -0.2) is 42.6 Å². The quantitative estimate of drug-likeness (QED) is 0.728. The summed E-state index contributed by atoms with van der Waals surface area (Å²) >= 11 is 0. The van der Waals surface area contributed by atoms with Crippen molar-refractivity contribution < 1.29 is 9.53 Å². The maximum absolute atomic E-state index is 12.5. The average Bonchev–Trinajstić information content (AvgIpc) is 2.88. The van der Waals surface area contributed by atoms with Crippen LogP contribution in [0.1, 0.15) is 26.2 Å². The van der Waals surface area contributed by atoms with Gasteiger partial charge in [0.15, 0.2) is 0 Å². The molecule has 0 aromatic rings. The number of nitrogens with two attached hydrogens (primary N) is 1. The monoisotopic (exact) mass is 238 g/mol. The molecule has 0 radical (unpaired) electrons. The molecule has 5 unspecified atom stereocenters. The Hall–Kier alpha value is -0.610. The molecule has 4 heteroatoms. The van der Waals surface area contributed by atoms with E-state index in [0.717, 1.165) is 13.1 Å². The van der Waals surface area contributed by atoms with Crippen molar-refractivity contribution in [2.24, 2.45) is 23.5 Å². The van der Waals surface area contributed by atoms with Crippen LogP contribution in [0.4, 0.5) is 0 Å². The lowest BCUT2D eigenvalue weighted by molar-refractivity contribution is -0.144. The first kappa shape index (κ1) is 11.5. The molecule has 3 fully saturated rings. The number of rotatable bonds is 1. The van der Waals surface area contributed by atoms with Crippen molar-refractivity contribution in [1.29, 1.82) is 0 Å². The van der Waals surface area contributed by atoms with Gasteiger partial charge >= 0.3 is 0 Å². The minimum absolute atomic E-state index is 0.0963. The summed E-state index contributed by atoms with van der Waals surface area (Å²) < 4.78 is 5.48. The molecular formula is C13H22N2O2. The first-order valence-electron chi connectivity index (χ1n) is 6.83. The largest absolute Gasteiger partial charge is 0.375 e. The lowest BCUT2D eigenvalue weighted by Crippen LogP contribution is -2.51. The van der Waals surface area contributed by atoms with Crippen LogP contribution in [0.25, 0.3) is 0 Å². The summed E-state index contributed by atoms with van der Waals surface area (Å²) in [6.07, 6.45) is 3.78. The molecule has 2 aliphatic carbocycles. The highest BCUT2D eigenvalue weighted by molar-refractivity contribution is 5.80. The predicted molar refractivity (Wildman–Crippen MR) is 64.3 cm³/mol. The van der Waals surface area contributed by atoms with Gasteiger partial charge in [0.2, 0.25) is 5.91 Å². The molecule has 1 saturated heterocycles. The SMILES string of the molecule is CC1CN(C(=O)C2C3CCC(C3)C2N)CCO1. The molecule has 0 aromatic carbocycles. The Morgan fingerprint density at radius 2 is 2.12 bits per heavy atom. The van der Waals surface area contributed by atoms with Crippen molar-refractivity contribution in [2.45, 2.75) is 38.3 Å². The van der Waals surface area contributed by atoms with E-state index >= 15 is 0 Å². The van der Waals surface area contributed by atoms with Gasteiger partial charge in [-0.15, -0.1) is 0 Å². The van der Waals surface area contributed by atoms with E-state index in [1.54, 1.807) is 0 Å². The lowest BCUT2D eigenvalue weighted by atomic mass is 9.84. The van der Waals surface area contributed by atoms with Gasteiger partial charge in [-0.2, -0.15) is 0 Å². The smallest absolute Gasteiger partial charge is 0.227 e. The number of hydrogen-bond donors (Lipinski definition) is 1. The first-order chi connectivity index (χ1) is 8.16. The summed E-state index contributed by atoms with van der Waals surface area (Å²) in [4.78, 5) is 14.5. The van der Waals surface area contributed by atoms with Gasteiger partial charge in [0, 0.05) is 19.1 Å². The van der Waals surface area contributed by atoms with Crippen LogP contribution >= 0.6 is 0 Å². The molecule has 5 atom stereocenters. The summed E-state index contributed by atoms with van der Waals surface area (Å²) in [5.74, 6) is 1.55. The van der Waals surface area contributed by atoms with E-state index in [2.05, 4.69) is 0 Å². The van der Waals surface area contributed by atoms with Gasteiger partial charge in [0.1, 0.15) is 0 Å². The number of fused-ring (bicyclic) bond motifs is 2. The van der Waals surface area contributed by atoms with Crippen molar-refractivity contribution in [1.82, 2.24) is 4.90 Å². The molecule has 3 rings (SSSR count). The molecular weight excluding hydrogens is 216 g/mol. The first-order valence-corrected chi connectivity index (χ1v) is 6.83. The Labute approximate surface area is 102 Å². The summed E-state index contributed by atoms with van der Waals surface area (Å²) in [6, 6.07) is 0.111. The van der Waals surface area contributed by atoms with Crippen molar-refractivity contribution in [3.63, 3.8) is 0 Å². The number of hydrogen-bond acceptors (Lipinski definition) is 3. The average molecular weight is 238 g/mol. The third-order valence-corrected chi connectivity index (χ3v) is 4.82. The number of morpholine rings is 1. The maximum Gasteiger partial charge on any atom is 0.227 e. The number of nitrogens with zero attached hydrogens (tertiary/aromatic N) is 1. The van der Waals surface area contributed by atoms with E-state index in [9.17, 15) is 4.79 Å². The minimum atomic E-state index is 0.0963. The van der Waals surface area contributed by atoms with E-state index < -0.39 is 0 Å². The summed E-state index contributed by atoms with van der Waals surface area (Å²) in [6.45, 7) is 4.17. The Morgan fingerprint density at radius 3 is 2.76 bits per heavy atom. The van der Waals surface area contributed by atoms with Crippen LogP contribution < -0.4 is 5.73 Å². The van der Waals surface area contributed by atoms with Crippen LogP contribution in [-0.2, 0) is 9.53 Å². The number of ether oxygens (including phenoxy) is 1. The van der Waals surface area contributed by atoms with E-state index in [1.165, 1.54) is 19.3 Å². The van der Waals surface area contributed by atoms with Gasteiger partial charge in [-0.1, -0.05) is 0 Å². The van der Waals surface area contributed by atoms with Crippen LogP contribution in [0, 0.1) is 17.8 Å². The van der Waals surface area contributed by atoms with Crippen LogP contribution in [0.2, 0.25) is 0 Å². The number of amides is 1. The zero-order chi connectivity index (χ0) is 12.0. The fraction of sp³-hybridized carbons (Fsp3) is 0.923. The molecule has 1 aliphatic heterocycles. The second kappa shape index (κ2) is 4.25. The van der Waals surface area contributed by atoms with Gasteiger partial charge in [-0.3, -0.25) is 4.79 Å². The third-order valence-electron chi connectivity index (χ3n) is 4.82. The van der Waals surface area contributed by atoms with Crippen LogP contribution in [0.3, 0.4) is 0 Å². The normalized spacial score (nSPS) is 45.3. The van der Waals surface area contributed by atoms with E-state index in [-0.39, 0.29) is 18.1 Å². The van der Waals surface area contributed by atoms with Gasteiger partial charge in [0.05, 0.1) is 18.6 Å². The van der Waals surface area contributed by atoms with Gasteiger partial charge in [-0.05, 0) is 38.0 Å². The Balaban J connectivity index is 1.69. The second-order valence-corrected chi connectivity index (χ2v) is 5.90. The minimum Gasteiger partial charge on any atom is -0.375 e. The molecule has 3 aliphatic rings. The summed E-state index contributed by atoms with van der Waals surface area (Å²) in [5, 5.41) is 0. The maximum atomic E-state index is 12.5. The Morgan fingerprint density at radius 1 is 1.35 bits per heavy atom. The molecule has 96 valence electrons. The van der Waals surface area contributed by atoms with Gasteiger partial charge < -0.3 is 15.4 Å². The summed E-state index contributed by atoms with van der Waals surface area (Å²) in [7, 11) is 0. The predicted octanol–water partition coefficient (Wildman–Crippen LogP) is 0.607. The molecule has 4 nitrogen and oxygen atoms in total. The van der Waals surface area contributed by atoms with E-state index in [4.69, 9.17) is 10.5 Å². The highest BCUT2D eigenvalue weighted by Gasteiger charge is 2.50. The van der Waals surface area contributed by atoms with Crippen molar-refractivity contribution in [3.05, 3.63) is 0 Å². The highest BCUT2D eigenvalue weighted by Crippen LogP contribution is 2.48. The molecule has 2 bridgehead atoms. The van der Waals surface area contributed by atoms with Gasteiger partial charge in [0.25, 0.3) is 0 Å². The van der Waals surface area contributed by atoms with Gasteiger partial charge in [-0.25, -0.2) is 0 Å². The van der Waals surface area contributed by atoms with E-state index in [0.29, 0.717) is 24.3 Å². The van der Waals surface area contributed by atoms with Crippen molar-refractivity contribution in [3.8, 4) is 0 Å². The van der Waals surface area contributed by atoms with Crippen molar-refractivity contribution in [2.75, 3.05) is 19.7 Å². The van der Waals surface area contributed by atoms with E-state index in [1.807, 2.05) is 11.8 Å². The molecule has 1 amide bonds. The fourth-order valence-electron chi connectivity index (χ4n) is 3.93.